The molecule has 5 nitrogen and oxygen atoms in total. The Labute approximate surface area is 162 Å². The van der Waals surface area contributed by atoms with Crippen LogP contribution < -0.4 is 5.32 Å². The maximum Gasteiger partial charge on any atom is 0.193 e. The number of aliphatic imine (C=N–C) groups is 1. The highest BCUT2D eigenvalue weighted by molar-refractivity contribution is 14.0. The molecule has 2 aromatic rings. The Hall–Kier alpha value is -1.35. The molecular weight excluding hydrogens is 446 g/mol. The molecule has 1 fully saturated rings. The minimum atomic E-state index is -0.252. The summed E-state index contributed by atoms with van der Waals surface area (Å²) < 4.78 is 18.8. The van der Waals surface area contributed by atoms with Crippen LogP contribution in [0.3, 0.4) is 0 Å². The van der Waals surface area contributed by atoms with Crippen molar-refractivity contribution in [3.8, 4) is 0 Å². The molecule has 8 heteroatoms. The van der Waals surface area contributed by atoms with Crippen molar-refractivity contribution < 1.29 is 8.91 Å². The van der Waals surface area contributed by atoms with Crippen LogP contribution in [-0.4, -0.2) is 36.2 Å². The third-order valence-electron chi connectivity index (χ3n) is 3.94. The molecule has 2 atom stereocenters. The molecule has 1 aliphatic carbocycles. The van der Waals surface area contributed by atoms with Crippen LogP contribution in [0.1, 0.15) is 23.6 Å². The summed E-state index contributed by atoms with van der Waals surface area (Å²) >= 11 is 6.13. The highest BCUT2D eigenvalue weighted by Crippen LogP contribution is 2.44. The van der Waals surface area contributed by atoms with Crippen LogP contribution >= 0.6 is 35.6 Å². The van der Waals surface area contributed by atoms with E-state index in [-0.39, 0.29) is 41.8 Å². The quantitative estimate of drug-likeness (QED) is 0.426. The molecule has 1 N–H and O–H groups in total. The topological polar surface area (TPSA) is 53.7 Å². The van der Waals surface area contributed by atoms with Crippen molar-refractivity contribution >= 4 is 41.5 Å². The third-order valence-corrected chi connectivity index (χ3v) is 4.27. The smallest absolute Gasteiger partial charge is 0.193 e. The van der Waals surface area contributed by atoms with Crippen molar-refractivity contribution in [2.75, 3.05) is 14.1 Å². The largest absolute Gasteiger partial charge is 0.364 e. The van der Waals surface area contributed by atoms with Gasteiger partial charge < -0.3 is 14.7 Å². The first-order valence-corrected chi connectivity index (χ1v) is 7.75. The summed E-state index contributed by atoms with van der Waals surface area (Å²) in [6, 6.07) is 6.73. The Morgan fingerprint density at radius 1 is 1.50 bits per heavy atom. The van der Waals surface area contributed by atoms with E-state index in [0.29, 0.717) is 17.1 Å². The molecule has 0 aliphatic heterocycles. The minimum Gasteiger partial charge on any atom is -0.364 e. The number of halogens is 3. The predicted molar refractivity (Wildman–Crippen MR) is 102 cm³/mol. The van der Waals surface area contributed by atoms with Gasteiger partial charge in [0.25, 0.3) is 0 Å². The molecule has 24 heavy (non-hydrogen) atoms. The van der Waals surface area contributed by atoms with Gasteiger partial charge in [-0.3, -0.25) is 4.99 Å². The molecule has 0 spiro atoms. The molecule has 1 aromatic carbocycles. The molecule has 1 heterocycles. The number of guanidine groups is 1. The highest BCUT2D eigenvalue weighted by Gasteiger charge is 2.42. The van der Waals surface area contributed by atoms with Crippen LogP contribution in [0.2, 0.25) is 5.02 Å². The molecule has 0 amide bonds. The number of benzene rings is 1. The Kier molecular flexibility index (Phi) is 6.45. The van der Waals surface area contributed by atoms with Gasteiger partial charge >= 0.3 is 0 Å². The fourth-order valence-electron chi connectivity index (χ4n) is 2.69. The van der Waals surface area contributed by atoms with Gasteiger partial charge in [-0.2, -0.15) is 0 Å². The fraction of sp³-hybridized carbons (Fsp3) is 0.375. The number of rotatable bonds is 4. The summed E-state index contributed by atoms with van der Waals surface area (Å²) in [5, 5.41) is 7.71. The fourth-order valence-corrected chi connectivity index (χ4v) is 2.99. The molecular formula is C16H19ClFIN4O. The SMILES string of the molecule is CN=C(NC1CC1c1c(F)cccc1Cl)N(C)Cc1ccon1.I. The average Bonchev–Trinajstić information content (AvgIpc) is 3.06. The first kappa shape index (κ1) is 19.0. The molecule has 0 radical (unpaired) electrons. The lowest BCUT2D eigenvalue weighted by Gasteiger charge is -2.21. The number of hydrogen-bond acceptors (Lipinski definition) is 3. The van der Waals surface area contributed by atoms with Crippen LogP contribution in [0, 0.1) is 5.82 Å². The Balaban J connectivity index is 0.00000208. The van der Waals surface area contributed by atoms with E-state index in [1.54, 1.807) is 19.2 Å². The van der Waals surface area contributed by atoms with E-state index in [4.69, 9.17) is 16.1 Å². The van der Waals surface area contributed by atoms with Gasteiger partial charge in [-0.15, -0.1) is 24.0 Å². The summed E-state index contributed by atoms with van der Waals surface area (Å²) in [6.45, 7) is 0.577. The zero-order valence-corrected chi connectivity index (χ0v) is 16.5. The monoisotopic (exact) mass is 464 g/mol. The Morgan fingerprint density at radius 2 is 2.29 bits per heavy atom. The van der Waals surface area contributed by atoms with Gasteiger partial charge in [0.05, 0.1) is 6.54 Å². The Morgan fingerprint density at radius 3 is 2.92 bits per heavy atom. The number of hydrogen-bond donors (Lipinski definition) is 1. The second-order valence-electron chi connectivity index (χ2n) is 5.62. The summed E-state index contributed by atoms with van der Waals surface area (Å²) in [6.07, 6.45) is 2.37. The first-order valence-electron chi connectivity index (χ1n) is 7.37. The van der Waals surface area contributed by atoms with Gasteiger partial charge in [-0.05, 0) is 18.6 Å². The van der Waals surface area contributed by atoms with Crippen LogP contribution in [0.25, 0.3) is 0 Å². The molecule has 0 bridgehead atoms. The Bertz CT molecular complexity index is 690. The molecule has 1 saturated carbocycles. The maximum absolute atomic E-state index is 14.0. The minimum absolute atomic E-state index is 0. The summed E-state index contributed by atoms with van der Waals surface area (Å²) in [5.74, 6) is 0.548. The van der Waals surface area contributed by atoms with Gasteiger partial charge in [0.2, 0.25) is 0 Å². The van der Waals surface area contributed by atoms with E-state index >= 15 is 0 Å². The van der Waals surface area contributed by atoms with E-state index in [0.717, 1.165) is 18.1 Å². The molecule has 2 unspecified atom stereocenters. The van der Waals surface area contributed by atoms with Gasteiger partial charge in [0, 0.05) is 42.7 Å². The molecule has 3 rings (SSSR count). The van der Waals surface area contributed by atoms with E-state index < -0.39 is 0 Å². The zero-order valence-electron chi connectivity index (χ0n) is 13.4. The number of nitrogens with one attached hydrogen (secondary N) is 1. The van der Waals surface area contributed by atoms with Gasteiger partial charge in [-0.1, -0.05) is 22.8 Å². The first-order chi connectivity index (χ1) is 11.1. The van der Waals surface area contributed by atoms with Gasteiger partial charge in [0.1, 0.15) is 17.8 Å². The number of aromatic nitrogens is 1. The van der Waals surface area contributed by atoms with E-state index in [2.05, 4.69) is 15.5 Å². The summed E-state index contributed by atoms with van der Waals surface area (Å²) in [7, 11) is 3.63. The highest BCUT2D eigenvalue weighted by atomic mass is 127. The van der Waals surface area contributed by atoms with Gasteiger partial charge in [-0.25, -0.2) is 4.39 Å². The summed E-state index contributed by atoms with van der Waals surface area (Å²) in [4.78, 5) is 6.21. The lowest BCUT2D eigenvalue weighted by molar-refractivity contribution is 0.391. The number of nitrogens with zero attached hydrogens (tertiary/aromatic N) is 3. The normalized spacial score (nSPS) is 19.6. The van der Waals surface area contributed by atoms with Crippen LogP contribution in [0.15, 0.2) is 40.0 Å². The van der Waals surface area contributed by atoms with Crippen molar-refractivity contribution in [3.63, 3.8) is 0 Å². The van der Waals surface area contributed by atoms with Crippen molar-refractivity contribution in [2.24, 2.45) is 4.99 Å². The lowest BCUT2D eigenvalue weighted by atomic mass is 10.1. The zero-order chi connectivity index (χ0) is 16.4. The molecule has 1 aliphatic rings. The lowest BCUT2D eigenvalue weighted by Crippen LogP contribution is -2.40. The van der Waals surface area contributed by atoms with Crippen LogP contribution in [0.5, 0.6) is 0 Å². The standard InChI is InChI=1S/C16H18ClFN4O.HI/c1-19-16(22(2)9-10-6-7-23-21-10)20-14-8-11(14)15-12(17)4-3-5-13(15)18;/h3-7,11,14H,8-9H2,1-2H3,(H,19,20);1H. The van der Waals surface area contributed by atoms with E-state index in [1.807, 2.05) is 18.0 Å². The van der Waals surface area contributed by atoms with Crippen LogP contribution in [-0.2, 0) is 6.54 Å². The molecule has 130 valence electrons. The maximum atomic E-state index is 14.0. The van der Waals surface area contributed by atoms with E-state index in [1.165, 1.54) is 12.3 Å². The van der Waals surface area contributed by atoms with Crippen molar-refractivity contribution in [2.45, 2.75) is 24.9 Å². The van der Waals surface area contributed by atoms with E-state index in [9.17, 15) is 4.39 Å². The summed E-state index contributed by atoms with van der Waals surface area (Å²) in [5.41, 5.74) is 1.40. The van der Waals surface area contributed by atoms with Crippen molar-refractivity contribution in [1.29, 1.82) is 0 Å². The second-order valence-corrected chi connectivity index (χ2v) is 6.03. The van der Waals surface area contributed by atoms with Crippen LogP contribution in [0.4, 0.5) is 4.39 Å². The second kappa shape index (κ2) is 8.15. The average molecular weight is 465 g/mol. The van der Waals surface area contributed by atoms with Crippen molar-refractivity contribution in [1.82, 2.24) is 15.4 Å². The third kappa shape index (κ3) is 4.18. The molecule has 0 saturated heterocycles. The molecule has 1 aromatic heterocycles. The van der Waals surface area contributed by atoms with Crippen molar-refractivity contribution in [3.05, 3.63) is 52.6 Å². The predicted octanol–water partition coefficient (Wildman–Crippen LogP) is 3.65. The van der Waals surface area contributed by atoms with Gasteiger partial charge in [0.15, 0.2) is 5.96 Å².